The van der Waals surface area contributed by atoms with Gasteiger partial charge in [-0.15, -0.1) is 0 Å². The van der Waals surface area contributed by atoms with Gasteiger partial charge in [-0.2, -0.15) is 5.10 Å². The molecule has 1 fully saturated rings. The van der Waals surface area contributed by atoms with Gasteiger partial charge >= 0.3 is 0 Å². The largest absolute Gasteiger partial charge is 0.338 e. The monoisotopic (exact) mass is 312 g/mol. The Morgan fingerprint density at radius 3 is 2.78 bits per heavy atom. The number of hydrogen-bond donors (Lipinski definition) is 2. The molecule has 1 aromatic heterocycles. The van der Waals surface area contributed by atoms with E-state index in [2.05, 4.69) is 15.5 Å². The molecule has 6 nitrogen and oxygen atoms in total. The van der Waals surface area contributed by atoms with Crippen molar-refractivity contribution < 1.29 is 9.59 Å². The number of benzene rings is 1. The molecule has 23 heavy (non-hydrogen) atoms. The lowest BCUT2D eigenvalue weighted by atomic mass is 9.80. The van der Waals surface area contributed by atoms with E-state index in [1.54, 1.807) is 29.4 Å². The van der Waals surface area contributed by atoms with E-state index in [0.29, 0.717) is 24.3 Å². The summed E-state index contributed by atoms with van der Waals surface area (Å²) in [6.07, 6.45) is 4.77. The van der Waals surface area contributed by atoms with Crippen molar-refractivity contribution >= 4 is 17.5 Å². The molecule has 6 heteroatoms. The van der Waals surface area contributed by atoms with E-state index in [9.17, 15) is 9.59 Å². The van der Waals surface area contributed by atoms with Crippen LogP contribution in [-0.2, 0) is 4.79 Å². The maximum absolute atomic E-state index is 12.6. The number of nitrogens with one attached hydrogen (secondary N) is 2. The summed E-state index contributed by atoms with van der Waals surface area (Å²) in [5, 5.41) is 9.35. The minimum absolute atomic E-state index is 0.0207. The molecule has 1 unspecified atom stereocenters. The van der Waals surface area contributed by atoms with E-state index >= 15 is 0 Å². The highest BCUT2D eigenvalue weighted by atomic mass is 16.2. The lowest BCUT2D eigenvalue weighted by Crippen LogP contribution is -2.50. The van der Waals surface area contributed by atoms with Crippen molar-refractivity contribution in [2.24, 2.45) is 5.41 Å². The normalized spacial score (nSPS) is 21.0. The molecule has 1 saturated heterocycles. The summed E-state index contributed by atoms with van der Waals surface area (Å²) < 4.78 is 0. The molecule has 2 amide bonds. The average Bonchev–Trinajstić information content (AvgIpc) is 3.08. The van der Waals surface area contributed by atoms with Crippen LogP contribution in [0, 0.1) is 5.41 Å². The van der Waals surface area contributed by atoms with Gasteiger partial charge in [0.1, 0.15) is 0 Å². The molecular formula is C17H20N4O2. The molecule has 2 heterocycles. The third kappa shape index (κ3) is 3.26. The molecule has 0 spiro atoms. The van der Waals surface area contributed by atoms with Gasteiger partial charge in [0.05, 0.1) is 17.3 Å². The minimum atomic E-state index is -0.597. The highest BCUT2D eigenvalue weighted by Crippen LogP contribution is 2.31. The predicted octanol–water partition coefficient (Wildman–Crippen LogP) is 2.29. The number of carbonyl (C=O) groups excluding carboxylic acids is 2. The molecule has 0 bridgehead atoms. The topological polar surface area (TPSA) is 78.1 Å². The van der Waals surface area contributed by atoms with Crippen LogP contribution >= 0.6 is 0 Å². The van der Waals surface area contributed by atoms with Crippen molar-refractivity contribution in [3.8, 4) is 0 Å². The summed E-state index contributed by atoms with van der Waals surface area (Å²) in [5.41, 5.74) is 0.703. The van der Waals surface area contributed by atoms with Crippen LogP contribution in [-0.4, -0.2) is 40.0 Å². The van der Waals surface area contributed by atoms with Gasteiger partial charge in [-0.3, -0.25) is 14.7 Å². The number of H-pyrrole nitrogens is 1. The molecule has 0 aliphatic carbocycles. The first-order valence-corrected chi connectivity index (χ1v) is 7.73. The maximum atomic E-state index is 12.6. The summed E-state index contributed by atoms with van der Waals surface area (Å²) in [6.45, 7) is 3.01. The van der Waals surface area contributed by atoms with E-state index in [-0.39, 0.29) is 11.8 Å². The number of nitrogens with zero attached hydrogens (tertiary/aromatic N) is 2. The van der Waals surface area contributed by atoms with E-state index in [0.717, 1.165) is 12.8 Å². The second-order valence-electron chi connectivity index (χ2n) is 6.20. The molecule has 1 aliphatic heterocycles. The summed E-state index contributed by atoms with van der Waals surface area (Å²) in [4.78, 5) is 27.0. The first-order chi connectivity index (χ1) is 11.1. The van der Waals surface area contributed by atoms with Crippen LogP contribution in [0.15, 0.2) is 42.7 Å². The second-order valence-corrected chi connectivity index (χ2v) is 6.20. The van der Waals surface area contributed by atoms with Crippen LogP contribution in [0.3, 0.4) is 0 Å². The van der Waals surface area contributed by atoms with Crippen LogP contribution in [0.25, 0.3) is 0 Å². The Hall–Kier alpha value is -2.63. The third-order valence-corrected chi connectivity index (χ3v) is 4.31. The van der Waals surface area contributed by atoms with Gasteiger partial charge in [0.15, 0.2) is 0 Å². The first kappa shape index (κ1) is 15.3. The van der Waals surface area contributed by atoms with E-state index < -0.39 is 5.41 Å². The highest BCUT2D eigenvalue weighted by molar-refractivity contribution is 5.97. The number of amides is 2. The number of likely N-dealkylation sites (tertiary alicyclic amines) is 1. The lowest BCUT2D eigenvalue weighted by molar-refractivity contribution is -0.127. The number of aromatic amines is 1. The van der Waals surface area contributed by atoms with Crippen molar-refractivity contribution in [2.45, 2.75) is 19.8 Å². The number of carbonyl (C=O) groups is 2. The van der Waals surface area contributed by atoms with Crippen molar-refractivity contribution in [3.63, 3.8) is 0 Å². The van der Waals surface area contributed by atoms with Crippen molar-refractivity contribution in [1.29, 1.82) is 0 Å². The van der Waals surface area contributed by atoms with Gasteiger partial charge in [-0.25, -0.2) is 0 Å². The Morgan fingerprint density at radius 2 is 2.09 bits per heavy atom. The van der Waals surface area contributed by atoms with Gasteiger partial charge in [0.25, 0.3) is 5.91 Å². The molecule has 120 valence electrons. The fraction of sp³-hybridized carbons (Fsp3) is 0.353. The predicted molar refractivity (Wildman–Crippen MR) is 86.9 cm³/mol. The van der Waals surface area contributed by atoms with Gasteiger partial charge < -0.3 is 10.2 Å². The fourth-order valence-corrected chi connectivity index (χ4v) is 2.96. The standard InChI is InChI=1S/C17H20N4O2/c1-17(16(23)20-14-10-18-19-11-14)8-5-9-21(12-17)15(22)13-6-3-2-4-7-13/h2-4,6-7,10-11H,5,8-9,12H2,1H3,(H,18,19)(H,20,23). The number of aromatic nitrogens is 2. The maximum Gasteiger partial charge on any atom is 0.253 e. The zero-order chi connectivity index (χ0) is 16.3. The quantitative estimate of drug-likeness (QED) is 0.913. The Kier molecular flexibility index (Phi) is 4.14. The molecular weight excluding hydrogens is 292 g/mol. The Labute approximate surface area is 134 Å². The zero-order valence-corrected chi connectivity index (χ0v) is 13.1. The zero-order valence-electron chi connectivity index (χ0n) is 13.1. The molecule has 0 saturated carbocycles. The van der Waals surface area contributed by atoms with E-state index in [1.165, 1.54) is 0 Å². The molecule has 1 aromatic carbocycles. The third-order valence-electron chi connectivity index (χ3n) is 4.31. The Balaban J connectivity index is 1.72. The summed E-state index contributed by atoms with van der Waals surface area (Å²) in [6, 6.07) is 9.19. The van der Waals surface area contributed by atoms with Gasteiger partial charge in [0, 0.05) is 24.8 Å². The summed E-state index contributed by atoms with van der Waals surface area (Å²) in [7, 11) is 0. The smallest absolute Gasteiger partial charge is 0.253 e. The van der Waals surface area contributed by atoms with Crippen molar-refractivity contribution in [2.75, 3.05) is 18.4 Å². The molecule has 2 aromatic rings. The summed E-state index contributed by atoms with van der Waals surface area (Å²) in [5.74, 6) is -0.0999. The number of piperidine rings is 1. The van der Waals surface area contributed by atoms with E-state index in [4.69, 9.17) is 0 Å². The van der Waals surface area contributed by atoms with E-state index in [1.807, 2.05) is 25.1 Å². The SMILES string of the molecule is CC1(C(=O)Nc2cn[nH]c2)CCCN(C(=O)c2ccccc2)C1. The Morgan fingerprint density at radius 1 is 1.30 bits per heavy atom. The molecule has 0 radical (unpaired) electrons. The van der Waals surface area contributed by atoms with Gasteiger partial charge in [-0.1, -0.05) is 18.2 Å². The van der Waals surface area contributed by atoms with Crippen LogP contribution in [0.1, 0.15) is 30.1 Å². The van der Waals surface area contributed by atoms with Crippen LogP contribution in [0.2, 0.25) is 0 Å². The number of hydrogen-bond acceptors (Lipinski definition) is 3. The van der Waals surface area contributed by atoms with Crippen LogP contribution < -0.4 is 5.32 Å². The van der Waals surface area contributed by atoms with Crippen LogP contribution in [0.4, 0.5) is 5.69 Å². The van der Waals surface area contributed by atoms with Crippen LogP contribution in [0.5, 0.6) is 0 Å². The van der Waals surface area contributed by atoms with Gasteiger partial charge in [-0.05, 0) is 31.9 Å². The highest BCUT2D eigenvalue weighted by Gasteiger charge is 2.39. The van der Waals surface area contributed by atoms with Gasteiger partial charge in [0.2, 0.25) is 5.91 Å². The molecule has 2 N–H and O–H groups in total. The second kappa shape index (κ2) is 6.24. The number of anilines is 1. The number of rotatable bonds is 3. The minimum Gasteiger partial charge on any atom is -0.338 e. The Bertz CT molecular complexity index is 684. The lowest BCUT2D eigenvalue weighted by Gasteiger charge is -2.39. The van der Waals surface area contributed by atoms with Crippen molar-refractivity contribution in [3.05, 3.63) is 48.3 Å². The molecule has 3 rings (SSSR count). The average molecular weight is 312 g/mol. The summed E-state index contributed by atoms with van der Waals surface area (Å²) >= 11 is 0. The van der Waals surface area contributed by atoms with Crippen molar-refractivity contribution in [1.82, 2.24) is 15.1 Å². The molecule has 1 aliphatic rings. The fourth-order valence-electron chi connectivity index (χ4n) is 2.96. The molecule has 1 atom stereocenters. The first-order valence-electron chi connectivity index (χ1n) is 7.73.